The van der Waals surface area contributed by atoms with Crippen molar-refractivity contribution in [1.82, 2.24) is 4.90 Å². The van der Waals surface area contributed by atoms with Gasteiger partial charge in [0.25, 0.3) is 0 Å². The highest BCUT2D eigenvalue weighted by atomic mass is 16.5. The predicted molar refractivity (Wildman–Crippen MR) is 135 cm³/mol. The van der Waals surface area contributed by atoms with Gasteiger partial charge in [0.05, 0.1) is 25.9 Å². The molecule has 0 spiro atoms. The summed E-state index contributed by atoms with van der Waals surface area (Å²) in [7, 11) is 1.42. The number of benzene rings is 1. The van der Waals surface area contributed by atoms with E-state index in [4.69, 9.17) is 20.6 Å². The summed E-state index contributed by atoms with van der Waals surface area (Å²) < 4.78 is 11.4. The van der Waals surface area contributed by atoms with Crippen molar-refractivity contribution in [3.63, 3.8) is 0 Å². The van der Waals surface area contributed by atoms with E-state index in [9.17, 15) is 4.79 Å². The Bertz CT molecular complexity index is 757. The highest BCUT2D eigenvalue weighted by Gasteiger charge is 2.38. The first-order valence-electron chi connectivity index (χ1n) is 12.6. The molecular formula is C27H43N3O3. The van der Waals surface area contributed by atoms with Crippen LogP contribution in [0.5, 0.6) is 0 Å². The van der Waals surface area contributed by atoms with Gasteiger partial charge >= 0.3 is 6.09 Å². The third kappa shape index (κ3) is 7.07. The molecule has 1 aliphatic heterocycles. The van der Waals surface area contributed by atoms with Gasteiger partial charge in [-0.1, -0.05) is 51.1 Å². The minimum atomic E-state index is -0.327. The Hall–Kier alpha value is -2.34. The highest BCUT2D eigenvalue weighted by Crippen LogP contribution is 2.35. The molecule has 0 aromatic heterocycles. The van der Waals surface area contributed by atoms with Crippen molar-refractivity contribution in [2.24, 2.45) is 11.7 Å². The first kappa shape index (κ1) is 26.9. The van der Waals surface area contributed by atoms with Gasteiger partial charge in [-0.05, 0) is 62.0 Å². The molecule has 33 heavy (non-hydrogen) atoms. The second-order valence-corrected chi connectivity index (χ2v) is 8.68. The van der Waals surface area contributed by atoms with Crippen LogP contribution in [0.1, 0.15) is 77.2 Å². The number of nitrogens with zero attached hydrogens (tertiary/aromatic N) is 1. The molecule has 1 aromatic rings. The molecular weight excluding hydrogens is 414 g/mol. The van der Waals surface area contributed by atoms with Crippen molar-refractivity contribution < 1.29 is 14.3 Å². The number of hydrogen-bond acceptors (Lipinski definition) is 5. The van der Waals surface area contributed by atoms with Crippen LogP contribution < -0.4 is 5.73 Å². The zero-order chi connectivity index (χ0) is 24.2. The lowest BCUT2D eigenvalue weighted by Crippen LogP contribution is -2.52. The molecule has 0 radical (unpaired) electrons. The molecule has 1 heterocycles. The molecule has 1 amide bonds. The largest absolute Gasteiger partial charge is 0.453 e. The van der Waals surface area contributed by atoms with E-state index in [-0.39, 0.29) is 24.2 Å². The third-order valence-electron chi connectivity index (χ3n) is 6.96. The molecule has 2 atom stereocenters. The van der Waals surface area contributed by atoms with Gasteiger partial charge in [0.1, 0.15) is 0 Å². The Balaban J connectivity index is 0.00000187. The summed E-state index contributed by atoms with van der Waals surface area (Å²) in [5.74, 6) is 0.596. The number of hydrogen-bond donors (Lipinski definition) is 2. The SMILES string of the molecule is CC.CC/C(C=N)=C(/N)C1CCCN(C(=O)OC)C1COC1CCC(c2ccccc2)CC1. The first-order chi connectivity index (χ1) is 16.1. The van der Waals surface area contributed by atoms with E-state index in [0.717, 1.165) is 44.1 Å². The van der Waals surface area contributed by atoms with Gasteiger partial charge in [-0.25, -0.2) is 4.79 Å². The Morgan fingerprint density at radius 3 is 2.39 bits per heavy atom. The minimum Gasteiger partial charge on any atom is -0.453 e. The van der Waals surface area contributed by atoms with Crippen LogP contribution in [0.3, 0.4) is 0 Å². The Kier molecular flexibility index (Phi) is 11.4. The maximum absolute atomic E-state index is 12.5. The van der Waals surface area contributed by atoms with E-state index in [2.05, 4.69) is 30.3 Å². The number of methoxy groups -OCH3 is 1. The van der Waals surface area contributed by atoms with Crippen molar-refractivity contribution in [2.45, 2.75) is 83.8 Å². The molecule has 0 bridgehead atoms. The van der Waals surface area contributed by atoms with Crippen LogP contribution in [-0.2, 0) is 9.47 Å². The fourth-order valence-corrected chi connectivity index (χ4v) is 5.12. The lowest BCUT2D eigenvalue weighted by Gasteiger charge is -2.41. The topological polar surface area (TPSA) is 88.6 Å². The lowest BCUT2D eigenvalue weighted by molar-refractivity contribution is -0.0292. The maximum atomic E-state index is 12.5. The predicted octanol–water partition coefficient (Wildman–Crippen LogP) is 5.87. The average molecular weight is 458 g/mol. The molecule has 184 valence electrons. The minimum absolute atomic E-state index is 0.00921. The van der Waals surface area contributed by atoms with Crippen LogP contribution in [0, 0.1) is 11.3 Å². The normalized spacial score (nSPS) is 25.9. The summed E-state index contributed by atoms with van der Waals surface area (Å²) in [4.78, 5) is 14.2. The van der Waals surface area contributed by atoms with Crippen LogP contribution in [0.15, 0.2) is 41.6 Å². The average Bonchev–Trinajstić information content (AvgIpc) is 2.89. The van der Waals surface area contributed by atoms with Gasteiger partial charge in [0, 0.05) is 24.4 Å². The fraction of sp³-hybridized carbons (Fsp3) is 0.630. The number of carbonyl (C=O) groups is 1. The molecule has 6 nitrogen and oxygen atoms in total. The third-order valence-corrected chi connectivity index (χ3v) is 6.96. The van der Waals surface area contributed by atoms with Crippen LogP contribution in [0.2, 0.25) is 0 Å². The van der Waals surface area contributed by atoms with Crippen LogP contribution in [0.4, 0.5) is 4.79 Å². The number of nitrogens with one attached hydrogen (secondary N) is 1. The molecule has 1 saturated heterocycles. The summed E-state index contributed by atoms with van der Waals surface area (Å²) in [5.41, 5.74) is 9.46. The van der Waals surface area contributed by atoms with Gasteiger partial charge in [-0.15, -0.1) is 0 Å². The smallest absolute Gasteiger partial charge is 0.409 e. The van der Waals surface area contributed by atoms with Crippen molar-refractivity contribution in [1.29, 1.82) is 5.41 Å². The van der Waals surface area contributed by atoms with Crippen molar-refractivity contribution in [3.8, 4) is 0 Å². The summed E-state index contributed by atoms with van der Waals surface area (Å²) >= 11 is 0. The van der Waals surface area contributed by atoms with E-state index >= 15 is 0 Å². The van der Waals surface area contributed by atoms with E-state index in [1.54, 1.807) is 4.90 Å². The van der Waals surface area contributed by atoms with Gasteiger partial charge in [-0.3, -0.25) is 0 Å². The zero-order valence-electron chi connectivity index (χ0n) is 20.9. The number of ether oxygens (including phenoxy) is 2. The van der Waals surface area contributed by atoms with Crippen LogP contribution in [0.25, 0.3) is 0 Å². The molecule has 2 aliphatic rings. The monoisotopic (exact) mass is 457 g/mol. The van der Waals surface area contributed by atoms with Crippen molar-refractivity contribution in [2.75, 3.05) is 20.3 Å². The summed E-state index contributed by atoms with van der Waals surface area (Å²) in [6.07, 6.45) is 8.00. The number of rotatable bonds is 7. The molecule has 1 saturated carbocycles. The fourth-order valence-electron chi connectivity index (χ4n) is 5.12. The van der Waals surface area contributed by atoms with Crippen LogP contribution in [-0.4, -0.2) is 49.6 Å². The summed E-state index contributed by atoms with van der Waals surface area (Å²) in [6.45, 7) is 7.11. The molecule has 1 aliphatic carbocycles. The maximum Gasteiger partial charge on any atom is 0.409 e. The molecule has 3 N–H and O–H groups in total. The number of likely N-dealkylation sites (tertiary alicyclic amines) is 1. The molecule has 1 aromatic carbocycles. The summed E-state index contributed by atoms with van der Waals surface area (Å²) in [6, 6.07) is 10.6. The van der Waals surface area contributed by atoms with E-state index in [1.165, 1.54) is 18.9 Å². The lowest BCUT2D eigenvalue weighted by atomic mass is 9.82. The Morgan fingerprint density at radius 2 is 1.82 bits per heavy atom. The van der Waals surface area contributed by atoms with Gasteiger partial charge in [0.15, 0.2) is 0 Å². The number of carbonyl (C=O) groups excluding carboxylic acids is 1. The molecule has 6 heteroatoms. The van der Waals surface area contributed by atoms with Gasteiger partial charge < -0.3 is 25.5 Å². The van der Waals surface area contributed by atoms with E-state index in [1.807, 2.05) is 20.8 Å². The second kappa shape index (κ2) is 14.0. The van der Waals surface area contributed by atoms with E-state index < -0.39 is 0 Å². The Labute approximate surface area is 200 Å². The first-order valence-corrected chi connectivity index (χ1v) is 12.6. The molecule has 2 fully saturated rings. The van der Waals surface area contributed by atoms with Gasteiger partial charge in [-0.2, -0.15) is 0 Å². The van der Waals surface area contributed by atoms with E-state index in [0.29, 0.717) is 31.2 Å². The zero-order valence-corrected chi connectivity index (χ0v) is 20.9. The summed E-state index contributed by atoms with van der Waals surface area (Å²) in [5, 5.41) is 7.70. The second-order valence-electron chi connectivity index (χ2n) is 8.68. The molecule has 2 unspecified atom stereocenters. The number of nitrogens with two attached hydrogens (primary N) is 1. The quantitative estimate of drug-likeness (QED) is 0.501. The molecule has 3 rings (SSSR count). The standard InChI is InChI=1S/C25H37N3O3.C2H6/c1-3-18(16-26)24(27)22-10-7-15-28(25(29)30-2)23(22)17-31-21-13-11-20(12-14-21)19-8-5-4-6-9-19;1-2/h4-6,8-9,16,20-23,26H,3,7,10-15,17,27H2,1-2H3;1-2H3/b24-18-,26-16?;. The number of piperidine rings is 1. The van der Waals surface area contributed by atoms with Crippen LogP contribution >= 0.6 is 0 Å². The highest BCUT2D eigenvalue weighted by molar-refractivity contribution is 5.77. The van der Waals surface area contributed by atoms with Gasteiger partial charge in [0.2, 0.25) is 0 Å². The number of amides is 1. The van der Waals surface area contributed by atoms with Crippen molar-refractivity contribution in [3.05, 3.63) is 47.2 Å². The Morgan fingerprint density at radius 1 is 1.15 bits per heavy atom. The number of allylic oxidation sites excluding steroid dienone is 1. The van der Waals surface area contributed by atoms with Crippen molar-refractivity contribution >= 4 is 12.3 Å².